The van der Waals surface area contributed by atoms with Crippen LogP contribution in [0.25, 0.3) is 5.69 Å². The second kappa shape index (κ2) is 11.8. The summed E-state index contributed by atoms with van der Waals surface area (Å²) in [6, 6.07) is 11.3. The fourth-order valence-corrected chi connectivity index (χ4v) is 5.12. The number of nitrogens with one attached hydrogen (secondary N) is 1. The van der Waals surface area contributed by atoms with E-state index >= 15 is 0 Å². The Morgan fingerprint density at radius 1 is 1.17 bits per heavy atom. The van der Waals surface area contributed by atoms with Crippen molar-refractivity contribution in [3.8, 4) is 5.69 Å². The summed E-state index contributed by atoms with van der Waals surface area (Å²) in [6.45, 7) is 5.48. The summed E-state index contributed by atoms with van der Waals surface area (Å²) < 4.78 is 7.94. The van der Waals surface area contributed by atoms with Crippen LogP contribution in [0, 0.1) is 0 Å². The van der Waals surface area contributed by atoms with Gasteiger partial charge in [0.15, 0.2) is 0 Å². The van der Waals surface area contributed by atoms with Gasteiger partial charge in [0.2, 0.25) is 0 Å². The highest BCUT2D eigenvalue weighted by atomic mass is 35.5. The number of carbonyl (C=O) groups excluding carboxylic acids is 2. The van der Waals surface area contributed by atoms with E-state index in [2.05, 4.69) is 23.7 Å². The molecule has 1 saturated heterocycles. The average Bonchev–Trinajstić information content (AvgIpc) is 3.49. The molecule has 1 aliphatic rings. The summed E-state index contributed by atoms with van der Waals surface area (Å²) in [4.78, 5) is 32.3. The van der Waals surface area contributed by atoms with Crippen molar-refractivity contribution in [3.63, 3.8) is 0 Å². The van der Waals surface area contributed by atoms with E-state index < -0.39 is 0 Å². The van der Waals surface area contributed by atoms with Gasteiger partial charge in [0.1, 0.15) is 12.4 Å². The summed E-state index contributed by atoms with van der Waals surface area (Å²) >= 11 is 7.30. The first-order valence-electron chi connectivity index (χ1n) is 12.1. The van der Waals surface area contributed by atoms with Gasteiger partial charge in [-0.25, -0.2) is 4.98 Å². The molecule has 0 saturated carbocycles. The van der Waals surface area contributed by atoms with Gasteiger partial charge >= 0.3 is 0 Å². The van der Waals surface area contributed by atoms with Gasteiger partial charge in [-0.15, -0.1) is 11.3 Å². The van der Waals surface area contributed by atoms with Crippen LogP contribution < -0.4 is 10.2 Å². The zero-order valence-corrected chi connectivity index (χ0v) is 21.7. The van der Waals surface area contributed by atoms with E-state index in [4.69, 9.17) is 21.3 Å². The van der Waals surface area contributed by atoms with Gasteiger partial charge in [0, 0.05) is 30.5 Å². The third-order valence-corrected chi connectivity index (χ3v) is 7.24. The number of hydrogen-bond acceptors (Lipinski definition) is 5. The largest absolute Gasteiger partial charge is 0.370 e. The number of unbranched alkanes of at least 4 members (excludes halogenated alkanes) is 1. The Morgan fingerprint density at radius 2 is 1.94 bits per heavy atom. The molecule has 3 heterocycles. The number of morpholine rings is 1. The van der Waals surface area contributed by atoms with Crippen molar-refractivity contribution in [2.45, 2.75) is 52.0 Å². The standard InChI is InChI=1S/C26H31ClN4O3S/c1-3-5-7-24-28-21(20(6-4-2)29-26(33)22-12-13-23(27)35-22)16-31(24)19-10-8-18(9-11-19)30-14-15-34-17-25(30)32/h8-13,16,20H,3-7,14-15,17H2,1-2H3,(H,29,33). The number of amides is 2. The zero-order chi connectivity index (χ0) is 24.8. The molecule has 2 amide bonds. The summed E-state index contributed by atoms with van der Waals surface area (Å²) in [5.74, 6) is 0.804. The van der Waals surface area contributed by atoms with E-state index in [-0.39, 0.29) is 24.5 Å². The van der Waals surface area contributed by atoms with Crippen LogP contribution >= 0.6 is 22.9 Å². The van der Waals surface area contributed by atoms with Crippen molar-refractivity contribution in [2.24, 2.45) is 0 Å². The first kappa shape index (κ1) is 25.4. The molecule has 186 valence electrons. The van der Waals surface area contributed by atoms with Gasteiger partial charge in [-0.2, -0.15) is 0 Å². The Kier molecular flexibility index (Phi) is 8.59. The first-order valence-corrected chi connectivity index (χ1v) is 13.3. The van der Waals surface area contributed by atoms with E-state index in [1.165, 1.54) is 11.3 Å². The van der Waals surface area contributed by atoms with E-state index in [1.54, 1.807) is 17.0 Å². The van der Waals surface area contributed by atoms with Crippen LogP contribution in [0.1, 0.15) is 66.8 Å². The lowest BCUT2D eigenvalue weighted by atomic mass is 10.1. The minimum Gasteiger partial charge on any atom is -0.370 e. The lowest BCUT2D eigenvalue weighted by Crippen LogP contribution is -2.41. The molecule has 1 atom stereocenters. The lowest BCUT2D eigenvalue weighted by Gasteiger charge is -2.27. The number of hydrogen-bond donors (Lipinski definition) is 1. The topological polar surface area (TPSA) is 76.5 Å². The van der Waals surface area contributed by atoms with Gasteiger partial charge in [0.25, 0.3) is 11.8 Å². The van der Waals surface area contributed by atoms with Gasteiger partial charge in [-0.1, -0.05) is 38.3 Å². The number of anilines is 1. The predicted molar refractivity (Wildman–Crippen MR) is 140 cm³/mol. The maximum Gasteiger partial charge on any atom is 0.261 e. The molecule has 0 radical (unpaired) electrons. The molecule has 0 aliphatic carbocycles. The minimum absolute atomic E-state index is 0.0253. The Labute approximate surface area is 215 Å². The number of imidazole rings is 1. The minimum atomic E-state index is -0.194. The quantitative estimate of drug-likeness (QED) is 0.384. The number of halogens is 1. The molecule has 0 spiro atoms. The highest BCUT2D eigenvalue weighted by Gasteiger charge is 2.22. The SMILES string of the molecule is CCCCc1nc(C(CCC)NC(=O)c2ccc(Cl)s2)cn1-c1ccc(N2CCOCC2=O)cc1. The lowest BCUT2D eigenvalue weighted by molar-refractivity contribution is -0.125. The number of nitrogens with zero attached hydrogens (tertiary/aromatic N) is 3. The van der Waals surface area contributed by atoms with Gasteiger partial charge < -0.3 is 19.5 Å². The molecular formula is C26H31ClN4O3S. The van der Waals surface area contributed by atoms with E-state index in [0.29, 0.717) is 22.4 Å². The fourth-order valence-electron chi connectivity index (χ4n) is 4.17. The van der Waals surface area contributed by atoms with Crippen LogP contribution in [0.2, 0.25) is 4.34 Å². The normalized spacial score (nSPS) is 14.8. The zero-order valence-electron chi connectivity index (χ0n) is 20.1. The monoisotopic (exact) mass is 514 g/mol. The number of rotatable bonds is 10. The summed E-state index contributed by atoms with van der Waals surface area (Å²) in [5, 5.41) is 3.15. The molecule has 1 N–H and O–H groups in total. The second-order valence-electron chi connectivity index (χ2n) is 8.59. The van der Waals surface area contributed by atoms with E-state index in [1.807, 2.05) is 30.5 Å². The molecule has 1 unspecified atom stereocenters. The Morgan fingerprint density at radius 3 is 2.60 bits per heavy atom. The van der Waals surface area contributed by atoms with Crippen LogP contribution in [0.5, 0.6) is 0 Å². The molecule has 4 rings (SSSR count). The summed E-state index contributed by atoms with van der Waals surface area (Å²) in [6.07, 6.45) is 6.65. The fraction of sp³-hybridized carbons (Fsp3) is 0.423. The van der Waals surface area contributed by atoms with Crippen LogP contribution in [-0.4, -0.2) is 41.1 Å². The number of thiophene rings is 1. The molecule has 7 nitrogen and oxygen atoms in total. The predicted octanol–water partition coefficient (Wildman–Crippen LogP) is 5.56. The van der Waals surface area contributed by atoms with E-state index in [9.17, 15) is 9.59 Å². The molecule has 9 heteroatoms. The van der Waals surface area contributed by atoms with Crippen molar-refractivity contribution < 1.29 is 14.3 Å². The third-order valence-electron chi connectivity index (χ3n) is 6.01. The number of aryl methyl sites for hydroxylation is 1. The number of carbonyl (C=O) groups is 2. The van der Waals surface area contributed by atoms with Gasteiger partial charge in [-0.05, 0) is 49.2 Å². The molecule has 2 aromatic heterocycles. The number of aromatic nitrogens is 2. The maximum absolute atomic E-state index is 12.8. The molecule has 3 aromatic rings. The highest BCUT2D eigenvalue weighted by molar-refractivity contribution is 7.18. The Hall–Kier alpha value is -2.68. The number of ether oxygens (including phenoxy) is 1. The number of benzene rings is 1. The van der Waals surface area contributed by atoms with Crippen LogP contribution in [0.15, 0.2) is 42.6 Å². The molecule has 0 bridgehead atoms. The molecule has 1 fully saturated rings. The highest BCUT2D eigenvalue weighted by Crippen LogP contribution is 2.26. The molecule has 35 heavy (non-hydrogen) atoms. The Bertz CT molecular complexity index is 1160. The van der Waals surface area contributed by atoms with Crippen molar-refractivity contribution in [1.29, 1.82) is 0 Å². The summed E-state index contributed by atoms with van der Waals surface area (Å²) in [5.41, 5.74) is 2.69. The van der Waals surface area contributed by atoms with Crippen LogP contribution in [0.3, 0.4) is 0 Å². The van der Waals surface area contributed by atoms with E-state index in [0.717, 1.165) is 55.0 Å². The van der Waals surface area contributed by atoms with Crippen molar-refractivity contribution >= 4 is 40.4 Å². The molecular weight excluding hydrogens is 484 g/mol. The average molecular weight is 515 g/mol. The maximum atomic E-state index is 12.8. The first-order chi connectivity index (χ1) is 17.0. The molecule has 1 aromatic carbocycles. The Balaban J connectivity index is 1.60. The summed E-state index contributed by atoms with van der Waals surface area (Å²) in [7, 11) is 0. The van der Waals surface area contributed by atoms with Gasteiger partial charge in [-0.3, -0.25) is 9.59 Å². The van der Waals surface area contributed by atoms with Crippen LogP contribution in [-0.2, 0) is 16.0 Å². The second-order valence-corrected chi connectivity index (χ2v) is 10.3. The van der Waals surface area contributed by atoms with Gasteiger partial charge in [0.05, 0.1) is 27.6 Å². The van der Waals surface area contributed by atoms with Crippen LogP contribution in [0.4, 0.5) is 5.69 Å². The smallest absolute Gasteiger partial charge is 0.261 e. The molecule has 1 aliphatic heterocycles. The third kappa shape index (κ3) is 6.12. The van der Waals surface area contributed by atoms with Crippen molar-refractivity contribution in [1.82, 2.24) is 14.9 Å². The van der Waals surface area contributed by atoms with Crippen molar-refractivity contribution in [2.75, 3.05) is 24.7 Å². The van der Waals surface area contributed by atoms with Crippen molar-refractivity contribution in [3.05, 3.63) is 63.3 Å².